The highest BCUT2D eigenvalue weighted by molar-refractivity contribution is 5.28. The van der Waals surface area contributed by atoms with E-state index in [9.17, 15) is 0 Å². The molecule has 1 aliphatic heterocycles. The summed E-state index contributed by atoms with van der Waals surface area (Å²) in [6.07, 6.45) is 3.88. The maximum atomic E-state index is 2.58. The van der Waals surface area contributed by atoms with Crippen molar-refractivity contribution in [1.82, 2.24) is 4.90 Å². The maximum absolute atomic E-state index is 2.58. The molecule has 1 heterocycles. The van der Waals surface area contributed by atoms with Crippen LogP contribution in [0.1, 0.15) is 30.9 Å². The van der Waals surface area contributed by atoms with Gasteiger partial charge in [-0.15, -0.1) is 0 Å². The lowest BCUT2D eigenvalue weighted by atomic mass is 9.89. The third-order valence-corrected chi connectivity index (χ3v) is 3.04. The average Bonchev–Trinajstić information content (AvgIpc) is 2.26. The van der Waals surface area contributed by atoms with Gasteiger partial charge in [-0.3, -0.25) is 4.90 Å². The Kier molecular flexibility index (Phi) is 3.20. The summed E-state index contributed by atoms with van der Waals surface area (Å²) in [5.41, 5.74) is 3.09. The average molecular weight is 188 g/mol. The van der Waals surface area contributed by atoms with Crippen LogP contribution in [0.5, 0.6) is 0 Å². The Morgan fingerprint density at radius 2 is 2.00 bits per heavy atom. The van der Waals surface area contributed by atoms with E-state index in [4.69, 9.17) is 0 Å². The molecular formula is C13H19N. The summed E-state index contributed by atoms with van der Waals surface area (Å²) in [5, 5.41) is 0. The zero-order valence-electron chi connectivity index (χ0n) is 9.00. The first-order valence-electron chi connectivity index (χ1n) is 5.69. The van der Waals surface area contributed by atoms with E-state index in [1.807, 2.05) is 0 Å². The van der Waals surface area contributed by atoms with Crippen molar-refractivity contribution in [1.29, 1.82) is 0 Å². The van der Waals surface area contributed by atoms with Gasteiger partial charge in [0.05, 0.1) is 0 Å². The Morgan fingerprint density at radius 1 is 1.21 bits per heavy atom. The first-order valence-corrected chi connectivity index (χ1v) is 5.69. The highest BCUT2D eigenvalue weighted by Crippen LogP contribution is 2.18. The van der Waals surface area contributed by atoms with Crippen molar-refractivity contribution in [3.63, 3.8) is 0 Å². The molecule has 0 unspecified atom stereocenters. The summed E-state index contributed by atoms with van der Waals surface area (Å²) in [5.74, 6) is 0. The van der Waals surface area contributed by atoms with Gasteiger partial charge in [0.2, 0.25) is 0 Å². The Morgan fingerprint density at radius 3 is 2.79 bits per heavy atom. The fraction of sp³-hybridized carbons (Fsp3) is 0.538. The zero-order valence-corrected chi connectivity index (χ0v) is 9.00. The van der Waals surface area contributed by atoms with E-state index in [-0.39, 0.29) is 0 Å². The standard InChI is InChI=1S/C13H19N/c1-2-3-9-14-10-8-12-6-4-5-7-13(12)11-14/h4-7H,2-3,8-11H2,1H3/i9-1. The van der Waals surface area contributed by atoms with Crippen LogP contribution in [0.3, 0.4) is 0 Å². The second-order valence-corrected chi connectivity index (χ2v) is 4.15. The topological polar surface area (TPSA) is 3.24 Å². The SMILES string of the molecule is CCC[11CH2]N1CCc2ccccc2C1. The van der Waals surface area contributed by atoms with Gasteiger partial charge in [-0.25, -0.2) is 0 Å². The van der Waals surface area contributed by atoms with Crippen LogP contribution in [0.25, 0.3) is 0 Å². The third kappa shape index (κ3) is 2.16. The lowest BCUT2D eigenvalue weighted by molar-refractivity contribution is 0.250. The van der Waals surface area contributed by atoms with Crippen LogP contribution in [-0.4, -0.2) is 18.0 Å². The van der Waals surface area contributed by atoms with Gasteiger partial charge in [-0.05, 0) is 30.5 Å². The summed E-state index contributed by atoms with van der Waals surface area (Å²) in [7, 11) is 0. The first-order chi connectivity index (χ1) is 6.90. The van der Waals surface area contributed by atoms with Crippen LogP contribution in [0.4, 0.5) is 0 Å². The van der Waals surface area contributed by atoms with Crippen molar-refractivity contribution in [2.24, 2.45) is 0 Å². The molecule has 2 rings (SSSR count). The van der Waals surface area contributed by atoms with Gasteiger partial charge in [-0.2, -0.15) is 0 Å². The van der Waals surface area contributed by atoms with Crippen LogP contribution in [0.2, 0.25) is 0 Å². The highest BCUT2D eigenvalue weighted by Gasteiger charge is 2.14. The number of unbranched alkanes of at least 4 members (excludes halogenated alkanes) is 1. The minimum Gasteiger partial charge on any atom is -0.299 e. The van der Waals surface area contributed by atoms with Crippen LogP contribution in [0.15, 0.2) is 24.3 Å². The fourth-order valence-corrected chi connectivity index (χ4v) is 2.13. The number of nitrogens with zero attached hydrogens (tertiary/aromatic N) is 1. The molecule has 0 atom stereocenters. The van der Waals surface area contributed by atoms with Crippen LogP contribution in [0, 0.1) is 0 Å². The summed E-state index contributed by atoms with van der Waals surface area (Å²) in [6.45, 7) is 5.94. The third-order valence-electron chi connectivity index (χ3n) is 3.04. The quantitative estimate of drug-likeness (QED) is 0.705. The van der Waals surface area contributed by atoms with Gasteiger partial charge in [0.25, 0.3) is 0 Å². The van der Waals surface area contributed by atoms with E-state index in [2.05, 4.69) is 36.1 Å². The predicted octanol–water partition coefficient (Wildman–Crippen LogP) is 2.84. The fourth-order valence-electron chi connectivity index (χ4n) is 2.13. The van der Waals surface area contributed by atoms with Crippen LogP contribution >= 0.6 is 0 Å². The Bertz CT molecular complexity index is 293. The van der Waals surface area contributed by atoms with Crippen LogP contribution < -0.4 is 0 Å². The van der Waals surface area contributed by atoms with E-state index in [1.54, 1.807) is 5.56 Å². The Hall–Kier alpha value is -0.820. The second-order valence-electron chi connectivity index (χ2n) is 4.15. The van der Waals surface area contributed by atoms with Gasteiger partial charge < -0.3 is 0 Å². The smallest absolute Gasteiger partial charge is 0.0236 e. The molecule has 0 bridgehead atoms. The molecule has 1 aromatic rings. The van der Waals surface area contributed by atoms with Gasteiger partial charge in [0.15, 0.2) is 0 Å². The molecule has 0 N–H and O–H groups in total. The Labute approximate surface area is 86.7 Å². The normalized spacial score (nSPS) is 16.6. The summed E-state index contributed by atoms with van der Waals surface area (Å²) in [4.78, 5) is 2.58. The minimum absolute atomic E-state index is 1.16. The first kappa shape index (κ1) is 9.72. The minimum atomic E-state index is 1.16. The molecule has 0 aromatic heterocycles. The van der Waals surface area contributed by atoms with E-state index in [0.29, 0.717) is 0 Å². The lowest BCUT2D eigenvalue weighted by Crippen LogP contribution is -2.31. The van der Waals surface area contributed by atoms with Crippen molar-refractivity contribution < 1.29 is 0 Å². The molecule has 76 valence electrons. The summed E-state index contributed by atoms with van der Waals surface area (Å²) in [6, 6.07) is 8.85. The number of benzene rings is 1. The van der Waals surface area contributed by atoms with Crippen molar-refractivity contribution >= 4 is 0 Å². The van der Waals surface area contributed by atoms with E-state index < -0.39 is 0 Å². The van der Waals surface area contributed by atoms with Crippen molar-refractivity contribution in [2.45, 2.75) is 32.7 Å². The van der Waals surface area contributed by atoms with Crippen molar-refractivity contribution in [2.75, 3.05) is 13.1 Å². The molecule has 0 saturated carbocycles. The van der Waals surface area contributed by atoms with Gasteiger partial charge in [-0.1, -0.05) is 37.6 Å². The second kappa shape index (κ2) is 4.61. The molecule has 0 radical (unpaired) electrons. The van der Waals surface area contributed by atoms with E-state index in [0.717, 1.165) is 6.54 Å². The molecular weight excluding hydrogens is 169 g/mol. The lowest BCUT2D eigenvalue weighted by Gasteiger charge is -2.28. The van der Waals surface area contributed by atoms with E-state index >= 15 is 0 Å². The molecule has 1 heteroatoms. The number of hydrogen-bond donors (Lipinski definition) is 0. The maximum Gasteiger partial charge on any atom is 0.0236 e. The monoisotopic (exact) mass is 188 g/mol. The number of rotatable bonds is 3. The molecule has 1 aliphatic rings. The molecule has 0 spiro atoms. The molecule has 14 heavy (non-hydrogen) atoms. The molecule has 1 aromatic carbocycles. The molecule has 0 saturated heterocycles. The molecule has 1 nitrogen and oxygen atoms in total. The predicted molar refractivity (Wildman–Crippen MR) is 60.3 cm³/mol. The summed E-state index contributed by atoms with van der Waals surface area (Å²) >= 11 is 0. The van der Waals surface area contributed by atoms with Crippen molar-refractivity contribution in [3.05, 3.63) is 35.4 Å². The largest absolute Gasteiger partial charge is 0.299 e. The van der Waals surface area contributed by atoms with Crippen LogP contribution in [-0.2, 0) is 13.0 Å². The number of hydrogen-bond acceptors (Lipinski definition) is 1. The van der Waals surface area contributed by atoms with Crippen molar-refractivity contribution in [3.8, 4) is 0 Å². The van der Waals surface area contributed by atoms with Gasteiger partial charge >= 0.3 is 0 Å². The van der Waals surface area contributed by atoms with Gasteiger partial charge in [0, 0.05) is 13.1 Å². The molecule has 0 amide bonds. The molecule has 0 aliphatic carbocycles. The highest BCUT2D eigenvalue weighted by atomic mass is 15.1. The molecule has 0 fully saturated rings. The summed E-state index contributed by atoms with van der Waals surface area (Å²) < 4.78 is 0. The zero-order chi connectivity index (χ0) is 9.80. The van der Waals surface area contributed by atoms with Gasteiger partial charge in [0.1, 0.15) is 0 Å². The Balaban J connectivity index is 1.99. The number of fused-ring (bicyclic) bond motifs is 1. The van der Waals surface area contributed by atoms with E-state index in [1.165, 1.54) is 37.9 Å².